The van der Waals surface area contributed by atoms with Crippen LogP contribution in [0.15, 0.2) is 18.2 Å². The van der Waals surface area contributed by atoms with Crippen LogP contribution in [0.4, 0.5) is 0 Å². The highest BCUT2D eigenvalue weighted by atomic mass is 35.5. The summed E-state index contributed by atoms with van der Waals surface area (Å²) in [5, 5.41) is 10.0. The molecular formula is C13H16ClNO3. The molecule has 0 radical (unpaired) electrons. The summed E-state index contributed by atoms with van der Waals surface area (Å²) in [6, 6.07) is 5.28. The van der Waals surface area contributed by atoms with Crippen LogP contribution in [0.3, 0.4) is 0 Å². The topological polar surface area (TPSA) is 49.8 Å². The molecule has 1 aromatic rings. The van der Waals surface area contributed by atoms with E-state index in [4.69, 9.17) is 16.3 Å². The fourth-order valence-corrected chi connectivity index (χ4v) is 2.03. The number of aliphatic hydroxyl groups excluding tert-OH is 1. The molecule has 1 aromatic carbocycles. The molecule has 98 valence electrons. The predicted octanol–water partition coefficient (Wildman–Crippen LogP) is 1.62. The largest absolute Gasteiger partial charge is 0.484 e. The Bertz CT molecular complexity index is 450. The van der Waals surface area contributed by atoms with E-state index in [1.165, 1.54) is 0 Å². The van der Waals surface area contributed by atoms with Gasteiger partial charge in [0.2, 0.25) is 0 Å². The lowest BCUT2D eigenvalue weighted by Crippen LogP contribution is -2.33. The van der Waals surface area contributed by atoms with Crippen molar-refractivity contribution >= 4 is 17.5 Å². The molecule has 0 bridgehead atoms. The van der Waals surface area contributed by atoms with Crippen molar-refractivity contribution in [3.05, 3.63) is 28.8 Å². The molecular weight excluding hydrogens is 254 g/mol. The van der Waals surface area contributed by atoms with Crippen LogP contribution < -0.4 is 4.74 Å². The summed E-state index contributed by atoms with van der Waals surface area (Å²) in [4.78, 5) is 13.4. The Morgan fingerprint density at radius 3 is 3.00 bits per heavy atom. The molecule has 5 heteroatoms. The van der Waals surface area contributed by atoms with Crippen LogP contribution in [0.2, 0.25) is 5.02 Å². The molecule has 0 spiro atoms. The minimum absolute atomic E-state index is 0.00616. The first-order chi connectivity index (χ1) is 8.56. The third kappa shape index (κ3) is 3.15. The maximum Gasteiger partial charge on any atom is 0.260 e. The molecule has 0 aliphatic carbocycles. The third-order valence-electron chi connectivity index (χ3n) is 3.01. The van der Waals surface area contributed by atoms with Gasteiger partial charge in [-0.05, 0) is 37.1 Å². The van der Waals surface area contributed by atoms with E-state index in [1.807, 2.05) is 6.92 Å². The number of rotatable bonds is 3. The maximum absolute atomic E-state index is 11.8. The van der Waals surface area contributed by atoms with Gasteiger partial charge in [-0.25, -0.2) is 0 Å². The van der Waals surface area contributed by atoms with Gasteiger partial charge in [-0.15, -0.1) is 0 Å². The zero-order valence-electron chi connectivity index (χ0n) is 10.2. The van der Waals surface area contributed by atoms with E-state index in [-0.39, 0.29) is 12.5 Å². The molecule has 1 saturated heterocycles. The minimum Gasteiger partial charge on any atom is -0.484 e. The molecule has 1 aliphatic heterocycles. The monoisotopic (exact) mass is 269 g/mol. The number of benzene rings is 1. The Kier molecular flexibility index (Phi) is 4.09. The number of ether oxygens (including phenoxy) is 1. The number of amides is 1. The Balaban J connectivity index is 1.87. The number of hydrogen-bond donors (Lipinski definition) is 1. The van der Waals surface area contributed by atoms with Crippen LogP contribution in [0.25, 0.3) is 0 Å². The zero-order valence-corrected chi connectivity index (χ0v) is 11.0. The Hall–Kier alpha value is -1.26. The molecule has 1 aliphatic rings. The number of nitrogens with zero attached hydrogens (tertiary/aromatic N) is 1. The molecule has 18 heavy (non-hydrogen) atoms. The molecule has 1 amide bonds. The number of aryl methyl sites for hydroxylation is 1. The smallest absolute Gasteiger partial charge is 0.260 e. The number of halogens is 1. The van der Waals surface area contributed by atoms with Crippen molar-refractivity contribution < 1.29 is 14.6 Å². The number of carbonyl (C=O) groups is 1. The molecule has 1 heterocycles. The number of aliphatic hydroxyl groups is 1. The number of carbonyl (C=O) groups excluding carboxylic acids is 1. The molecule has 4 nitrogen and oxygen atoms in total. The average Bonchev–Trinajstić information content (AvgIpc) is 2.77. The van der Waals surface area contributed by atoms with Gasteiger partial charge >= 0.3 is 0 Å². The maximum atomic E-state index is 11.8. The van der Waals surface area contributed by atoms with Crippen LogP contribution in [0.1, 0.15) is 12.0 Å². The van der Waals surface area contributed by atoms with Gasteiger partial charge in [-0.1, -0.05) is 11.6 Å². The summed E-state index contributed by atoms with van der Waals surface area (Å²) in [6.07, 6.45) is 0.248. The van der Waals surface area contributed by atoms with Gasteiger partial charge in [-0.2, -0.15) is 0 Å². The van der Waals surface area contributed by atoms with Gasteiger partial charge in [0.15, 0.2) is 6.61 Å². The highest BCUT2D eigenvalue weighted by Crippen LogP contribution is 2.21. The quantitative estimate of drug-likeness (QED) is 0.907. The van der Waals surface area contributed by atoms with Gasteiger partial charge in [0.1, 0.15) is 5.75 Å². The van der Waals surface area contributed by atoms with Crippen molar-refractivity contribution in [1.82, 2.24) is 4.90 Å². The second-order valence-electron chi connectivity index (χ2n) is 4.48. The predicted molar refractivity (Wildman–Crippen MR) is 68.9 cm³/mol. The van der Waals surface area contributed by atoms with E-state index in [0.717, 1.165) is 5.56 Å². The van der Waals surface area contributed by atoms with Crippen molar-refractivity contribution in [2.75, 3.05) is 19.7 Å². The molecule has 1 N–H and O–H groups in total. The SMILES string of the molecule is Cc1cc(OCC(=O)N2CC[C@@H](O)C2)ccc1Cl. The Morgan fingerprint density at radius 2 is 2.39 bits per heavy atom. The van der Waals surface area contributed by atoms with Crippen LogP contribution in [-0.4, -0.2) is 41.7 Å². The van der Waals surface area contributed by atoms with Crippen molar-refractivity contribution in [1.29, 1.82) is 0 Å². The average molecular weight is 270 g/mol. The van der Waals surface area contributed by atoms with Crippen LogP contribution in [0.5, 0.6) is 5.75 Å². The summed E-state index contributed by atoms with van der Waals surface area (Å²) < 4.78 is 5.42. The summed E-state index contributed by atoms with van der Waals surface area (Å²) >= 11 is 5.90. The fraction of sp³-hybridized carbons (Fsp3) is 0.462. The zero-order chi connectivity index (χ0) is 13.1. The van der Waals surface area contributed by atoms with E-state index in [9.17, 15) is 9.90 Å². The van der Waals surface area contributed by atoms with Crippen molar-refractivity contribution in [2.45, 2.75) is 19.4 Å². The van der Waals surface area contributed by atoms with Gasteiger partial charge < -0.3 is 14.7 Å². The summed E-state index contributed by atoms with van der Waals surface area (Å²) in [5.41, 5.74) is 0.915. The Labute approximate surface area is 111 Å². The first-order valence-corrected chi connectivity index (χ1v) is 6.29. The van der Waals surface area contributed by atoms with Crippen LogP contribution in [-0.2, 0) is 4.79 Å². The van der Waals surface area contributed by atoms with E-state index in [1.54, 1.807) is 23.1 Å². The van der Waals surface area contributed by atoms with Gasteiger partial charge in [0.25, 0.3) is 5.91 Å². The van der Waals surface area contributed by atoms with Gasteiger partial charge in [0.05, 0.1) is 6.10 Å². The van der Waals surface area contributed by atoms with Crippen LogP contribution in [0, 0.1) is 6.92 Å². The highest BCUT2D eigenvalue weighted by molar-refractivity contribution is 6.31. The molecule has 0 saturated carbocycles. The standard InChI is InChI=1S/C13H16ClNO3/c1-9-6-11(2-3-12(9)14)18-8-13(17)15-5-4-10(16)7-15/h2-3,6,10,16H,4-5,7-8H2,1H3/t10-/m1/s1. The van der Waals surface area contributed by atoms with E-state index in [2.05, 4.69) is 0 Å². The first kappa shape index (κ1) is 13.2. The lowest BCUT2D eigenvalue weighted by atomic mass is 10.2. The van der Waals surface area contributed by atoms with Gasteiger partial charge in [-0.3, -0.25) is 4.79 Å². The second kappa shape index (κ2) is 5.59. The third-order valence-corrected chi connectivity index (χ3v) is 3.43. The van der Waals surface area contributed by atoms with Crippen molar-refractivity contribution in [3.63, 3.8) is 0 Å². The van der Waals surface area contributed by atoms with Crippen molar-refractivity contribution in [3.8, 4) is 5.75 Å². The summed E-state index contributed by atoms with van der Waals surface area (Å²) in [5.74, 6) is 0.532. The van der Waals surface area contributed by atoms with Crippen molar-refractivity contribution in [2.24, 2.45) is 0 Å². The minimum atomic E-state index is -0.397. The summed E-state index contributed by atoms with van der Waals surface area (Å²) in [6.45, 7) is 2.88. The van der Waals surface area contributed by atoms with E-state index < -0.39 is 6.10 Å². The summed E-state index contributed by atoms with van der Waals surface area (Å²) in [7, 11) is 0. The molecule has 2 rings (SSSR count). The van der Waals surface area contributed by atoms with E-state index in [0.29, 0.717) is 30.3 Å². The lowest BCUT2D eigenvalue weighted by Gasteiger charge is -2.16. The van der Waals surface area contributed by atoms with Gasteiger partial charge in [0, 0.05) is 18.1 Å². The number of hydrogen-bond acceptors (Lipinski definition) is 3. The van der Waals surface area contributed by atoms with Crippen LogP contribution >= 0.6 is 11.6 Å². The number of β-amino-alcohol motifs (C(OH)–C–C–N with tert-alkyl or cyclic N) is 1. The van der Waals surface area contributed by atoms with E-state index >= 15 is 0 Å². The molecule has 1 atom stereocenters. The molecule has 1 fully saturated rings. The number of likely N-dealkylation sites (tertiary alicyclic amines) is 1. The molecule has 0 aromatic heterocycles. The lowest BCUT2D eigenvalue weighted by molar-refractivity contribution is -0.132. The Morgan fingerprint density at radius 1 is 1.61 bits per heavy atom. The highest BCUT2D eigenvalue weighted by Gasteiger charge is 2.24. The molecule has 0 unspecified atom stereocenters. The normalized spacial score (nSPS) is 19.1. The fourth-order valence-electron chi connectivity index (χ4n) is 1.91. The first-order valence-electron chi connectivity index (χ1n) is 5.91. The second-order valence-corrected chi connectivity index (χ2v) is 4.89.